The third-order valence-electron chi connectivity index (χ3n) is 6.86. The van der Waals surface area contributed by atoms with Gasteiger partial charge in [0.1, 0.15) is 17.9 Å². The lowest BCUT2D eigenvalue weighted by Gasteiger charge is -2.13. The van der Waals surface area contributed by atoms with Gasteiger partial charge in [-0.2, -0.15) is 0 Å². The molecule has 1 fully saturated rings. The summed E-state index contributed by atoms with van der Waals surface area (Å²) in [7, 11) is 2.81. The van der Waals surface area contributed by atoms with E-state index in [4.69, 9.17) is 21.1 Å². The molecule has 1 aliphatic carbocycles. The summed E-state index contributed by atoms with van der Waals surface area (Å²) in [5.74, 6) is 1.41. The van der Waals surface area contributed by atoms with Gasteiger partial charge in [-0.15, -0.1) is 9.24 Å². The number of aromatic nitrogens is 3. The average Bonchev–Trinajstić information content (AvgIpc) is 3.65. The minimum absolute atomic E-state index is 0.347. The first-order valence-electron chi connectivity index (χ1n) is 13.0. The Morgan fingerprint density at radius 3 is 2.92 bits per heavy atom. The van der Waals surface area contributed by atoms with E-state index in [-0.39, 0.29) is 0 Å². The number of hydrogen-bond donors (Lipinski definition) is 1. The standard InChI is InChI=1S/C30H30ClN4O2P/c31-27-15-23(6-8-29(27)36-12-10-20-3-1-2-4-25(38)13-20)34-30-26-14-21(5-7-28(26)32-19-33-30)22-9-11-35(16-22)17-24-18-37-24/h4-9,11,13-16,19,24H,1-3,10,12,17-18,38H2,(H,32,33,34). The lowest BCUT2D eigenvalue weighted by Crippen LogP contribution is -2.01. The fraction of sp³-hybridized carbons (Fsp3) is 0.267. The van der Waals surface area contributed by atoms with Crippen LogP contribution in [-0.2, 0) is 11.3 Å². The highest BCUT2D eigenvalue weighted by Crippen LogP contribution is 2.33. The molecule has 0 radical (unpaired) electrons. The molecule has 194 valence electrons. The number of hydrogen-bond acceptors (Lipinski definition) is 5. The van der Waals surface area contributed by atoms with E-state index in [1.807, 2.05) is 24.3 Å². The molecule has 2 aromatic carbocycles. The first-order valence-corrected chi connectivity index (χ1v) is 13.9. The van der Waals surface area contributed by atoms with Gasteiger partial charge in [0.15, 0.2) is 0 Å². The van der Waals surface area contributed by atoms with Gasteiger partial charge in [-0.1, -0.05) is 35.4 Å². The summed E-state index contributed by atoms with van der Waals surface area (Å²) in [6.45, 7) is 2.34. The molecule has 6 rings (SSSR count). The van der Waals surface area contributed by atoms with Gasteiger partial charge >= 0.3 is 0 Å². The molecular weight excluding hydrogens is 515 g/mol. The Morgan fingerprint density at radius 2 is 2.05 bits per heavy atom. The number of allylic oxidation sites excluding steroid dienone is 3. The number of nitrogens with zero attached hydrogens (tertiary/aromatic N) is 3. The van der Waals surface area contributed by atoms with E-state index in [2.05, 4.69) is 71.8 Å². The minimum atomic E-state index is 0.347. The van der Waals surface area contributed by atoms with Crippen LogP contribution in [-0.4, -0.2) is 33.9 Å². The SMILES string of the molecule is PC1=CCCCC(CCOc2ccc(Nc3ncnc4ccc(-c5ccn(CC6CO6)c5)cc34)cc2Cl)=C1. The van der Waals surface area contributed by atoms with Crippen LogP contribution in [0.5, 0.6) is 5.75 Å². The highest BCUT2D eigenvalue weighted by atomic mass is 35.5. The Labute approximate surface area is 229 Å². The van der Waals surface area contributed by atoms with E-state index in [1.165, 1.54) is 17.3 Å². The molecule has 1 saturated heterocycles. The van der Waals surface area contributed by atoms with Gasteiger partial charge in [0, 0.05) is 29.9 Å². The second-order valence-electron chi connectivity index (χ2n) is 9.77. The van der Waals surface area contributed by atoms with Crippen LogP contribution >= 0.6 is 20.8 Å². The van der Waals surface area contributed by atoms with Gasteiger partial charge < -0.3 is 19.4 Å². The smallest absolute Gasteiger partial charge is 0.141 e. The highest BCUT2D eigenvalue weighted by Gasteiger charge is 2.22. The molecule has 2 unspecified atom stereocenters. The Balaban J connectivity index is 1.15. The summed E-state index contributed by atoms with van der Waals surface area (Å²) in [5, 5.41) is 6.19. The van der Waals surface area contributed by atoms with Crippen molar-refractivity contribution < 1.29 is 9.47 Å². The summed E-state index contributed by atoms with van der Waals surface area (Å²) in [6.07, 6.45) is 15.0. The average molecular weight is 545 g/mol. The van der Waals surface area contributed by atoms with Gasteiger partial charge in [-0.05, 0) is 72.1 Å². The molecule has 2 atom stereocenters. The lowest BCUT2D eigenvalue weighted by molar-refractivity contribution is 0.320. The number of fused-ring (bicyclic) bond motifs is 1. The van der Waals surface area contributed by atoms with Gasteiger partial charge in [0.25, 0.3) is 0 Å². The van der Waals surface area contributed by atoms with Crippen molar-refractivity contribution in [1.29, 1.82) is 0 Å². The van der Waals surface area contributed by atoms with Crippen LogP contribution in [0.25, 0.3) is 22.0 Å². The molecule has 2 aliphatic rings. The molecule has 1 aliphatic heterocycles. The van der Waals surface area contributed by atoms with Crippen LogP contribution in [0.2, 0.25) is 5.02 Å². The molecule has 0 amide bonds. The molecule has 2 aromatic heterocycles. The van der Waals surface area contributed by atoms with Crippen molar-refractivity contribution in [2.75, 3.05) is 18.5 Å². The number of halogens is 1. The van der Waals surface area contributed by atoms with Gasteiger partial charge in [0.05, 0.1) is 36.4 Å². The van der Waals surface area contributed by atoms with Gasteiger partial charge in [-0.3, -0.25) is 0 Å². The maximum atomic E-state index is 6.60. The monoisotopic (exact) mass is 544 g/mol. The third kappa shape index (κ3) is 6.10. The first kappa shape index (κ1) is 25.1. The zero-order valence-corrected chi connectivity index (χ0v) is 23.0. The predicted octanol–water partition coefficient (Wildman–Crippen LogP) is 7.53. The Kier molecular flexibility index (Phi) is 7.46. The molecule has 4 aromatic rings. The van der Waals surface area contributed by atoms with Crippen LogP contribution in [0.3, 0.4) is 0 Å². The van der Waals surface area contributed by atoms with E-state index in [0.717, 1.165) is 65.9 Å². The number of nitrogens with one attached hydrogen (secondary N) is 1. The second kappa shape index (κ2) is 11.3. The largest absolute Gasteiger partial charge is 0.492 e. The molecule has 6 nitrogen and oxygen atoms in total. The van der Waals surface area contributed by atoms with Crippen molar-refractivity contribution in [2.24, 2.45) is 0 Å². The van der Waals surface area contributed by atoms with Crippen LogP contribution < -0.4 is 10.1 Å². The number of benzene rings is 2. The number of anilines is 2. The summed E-state index contributed by atoms with van der Waals surface area (Å²) < 4.78 is 13.6. The molecule has 1 N–H and O–H groups in total. The van der Waals surface area contributed by atoms with Crippen molar-refractivity contribution in [3.8, 4) is 16.9 Å². The number of rotatable bonds is 9. The predicted molar refractivity (Wildman–Crippen MR) is 157 cm³/mol. The normalized spacial score (nSPS) is 17.1. The summed E-state index contributed by atoms with van der Waals surface area (Å²) in [5.41, 5.74) is 5.39. The fourth-order valence-corrected chi connectivity index (χ4v) is 5.39. The minimum Gasteiger partial charge on any atom is -0.492 e. The molecule has 0 spiro atoms. The van der Waals surface area contributed by atoms with Crippen molar-refractivity contribution in [1.82, 2.24) is 14.5 Å². The molecule has 38 heavy (non-hydrogen) atoms. The Bertz CT molecular complexity index is 1530. The first-order chi connectivity index (χ1) is 18.6. The van der Waals surface area contributed by atoms with Crippen LogP contribution in [0.15, 0.2) is 84.2 Å². The Hall–Kier alpha value is -3.18. The number of ether oxygens (including phenoxy) is 2. The molecule has 0 saturated carbocycles. The Morgan fingerprint density at radius 1 is 1.13 bits per heavy atom. The van der Waals surface area contributed by atoms with Crippen molar-refractivity contribution in [2.45, 2.75) is 38.3 Å². The number of epoxide rings is 1. The molecule has 8 heteroatoms. The lowest BCUT2D eigenvalue weighted by atomic mass is 10.1. The second-order valence-corrected chi connectivity index (χ2v) is 10.8. The van der Waals surface area contributed by atoms with Crippen molar-refractivity contribution in [3.05, 3.63) is 89.2 Å². The summed E-state index contributed by atoms with van der Waals surface area (Å²) >= 11 is 6.60. The molecular formula is C30H30ClN4O2P. The zero-order valence-electron chi connectivity index (χ0n) is 21.1. The fourth-order valence-electron chi connectivity index (χ4n) is 4.76. The van der Waals surface area contributed by atoms with Crippen LogP contribution in [0.4, 0.5) is 11.5 Å². The topological polar surface area (TPSA) is 64.5 Å². The van der Waals surface area contributed by atoms with Crippen LogP contribution in [0.1, 0.15) is 25.7 Å². The zero-order chi connectivity index (χ0) is 25.9. The summed E-state index contributed by atoms with van der Waals surface area (Å²) in [6, 6.07) is 14.1. The quantitative estimate of drug-likeness (QED) is 0.174. The van der Waals surface area contributed by atoms with Crippen molar-refractivity contribution in [3.63, 3.8) is 0 Å². The van der Waals surface area contributed by atoms with E-state index >= 15 is 0 Å². The third-order valence-corrected chi connectivity index (χ3v) is 7.56. The molecule has 3 heterocycles. The van der Waals surface area contributed by atoms with E-state index in [0.29, 0.717) is 23.5 Å². The van der Waals surface area contributed by atoms with Gasteiger partial charge in [0.2, 0.25) is 0 Å². The highest BCUT2D eigenvalue weighted by molar-refractivity contribution is 7.22. The maximum Gasteiger partial charge on any atom is 0.141 e. The van der Waals surface area contributed by atoms with E-state index < -0.39 is 0 Å². The van der Waals surface area contributed by atoms with E-state index in [1.54, 1.807) is 6.33 Å². The van der Waals surface area contributed by atoms with E-state index in [9.17, 15) is 0 Å². The van der Waals surface area contributed by atoms with Crippen LogP contribution in [0, 0.1) is 0 Å². The molecule has 0 bridgehead atoms. The van der Waals surface area contributed by atoms with Gasteiger partial charge in [-0.25, -0.2) is 9.97 Å². The summed E-state index contributed by atoms with van der Waals surface area (Å²) in [4.78, 5) is 8.98. The maximum absolute atomic E-state index is 6.60. The van der Waals surface area contributed by atoms with Crippen molar-refractivity contribution >= 4 is 43.2 Å².